The third kappa shape index (κ3) is 2.48. The maximum Gasteiger partial charge on any atom is 0.132 e. The number of methoxy groups -OCH3 is 1. The van der Waals surface area contributed by atoms with E-state index in [0.29, 0.717) is 17.9 Å². The first kappa shape index (κ1) is 11.5. The lowest BCUT2D eigenvalue weighted by Crippen LogP contribution is -2.21. The molecule has 0 saturated carbocycles. The molecule has 1 atom stereocenters. The lowest BCUT2D eigenvalue weighted by molar-refractivity contribution is 0.399. The molecule has 0 bridgehead atoms. The summed E-state index contributed by atoms with van der Waals surface area (Å²) in [5.41, 5.74) is 0.393. The number of terminal acetylenes is 1. The Kier molecular flexibility index (Phi) is 4.14. The average molecular weight is 207 g/mol. The van der Waals surface area contributed by atoms with Gasteiger partial charge in [-0.05, 0) is 18.7 Å². The van der Waals surface area contributed by atoms with Gasteiger partial charge in [0.15, 0.2) is 0 Å². The predicted octanol–water partition coefficient (Wildman–Crippen LogP) is 2.12. The van der Waals surface area contributed by atoms with Crippen molar-refractivity contribution in [2.24, 2.45) is 0 Å². The van der Waals surface area contributed by atoms with E-state index in [1.807, 2.05) is 6.92 Å². The van der Waals surface area contributed by atoms with Gasteiger partial charge in [-0.25, -0.2) is 4.39 Å². The van der Waals surface area contributed by atoms with E-state index in [1.165, 1.54) is 13.2 Å². The van der Waals surface area contributed by atoms with E-state index >= 15 is 0 Å². The zero-order valence-corrected chi connectivity index (χ0v) is 8.88. The van der Waals surface area contributed by atoms with E-state index in [4.69, 9.17) is 11.2 Å². The fourth-order valence-electron chi connectivity index (χ4n) is 1.42. The van der Waals surface area contributed by atoms with E-state index in [0.717, 1.165) is 0 Å². The van der Waals surface area contributed by atoms with Gasteiger partial charge < -0.3 is 10.1 Å². The monoisotopic (exact) mass is 207 g/mol. The third-order valence-electron chi connectivity index (χ3n) is 2.10. The molecule has 0 fully saturated rings. The SMILES string of the molecule is C#CC(NCC)c1c(F)cccc1OC. The van der Waals surface area contributed by atoms with Crippen LogP contribution >= 0.6 is 0 Å². The minimum absolute atomic E-state index is 0.349. The highest BCUT2D eigenvalue weighted by Gasteiger charge is 2.17. The Morgan fingerprint density at radius 3 is 2.87 bits per heavy atom. The number of hydrogen-bond donors (Lipinski definition) is 1. The number of halogens is 1. The predicted molar refractivity (Wildman–Crippen MR) is 58.2 cm³/mol. The Morgan fingerprint density at radius 2 is 2.33 bits per heavy atom. The molecular formula is C12H14FNO. The van der Waals surface area contributed by atoms with Crippen molar-refractivity contribution in [3.63, 3.8) is 0 Å². The molecule has 2 nitrogen and oxygen atoms in total. The highest BCUT2D eigenvalue weighted by molar-refractivity contribution is 5.40. The summed E-state index contributed by atoms with van der Waals surface area (Å²) < 4.78 is 18.7. The molecule has 0 saturated heterocycles. The van der Waals surface area contributed by atoms with Crippen molar-refractivity contribution in [2.75, 3.05) is 13.7 Å². The molecule has 0 heterocycles. The molecule has 0 aromatic heterocycles. The first-order valence-corrected chi connectivity index (χ1v) is 4.76. The van der Waals surface area contributed by atoms with E-state index in [-0.39, 0.29) is 5.82 Å². The van der Waals surface area contributed by atoms with Gasteiger partial charge in [0.2, 0.25) is 0 Å². The fraction of sp³-hybridized carbons (Fsp3) is 0.333. The molecule has 0 amide bonds. The molecule has 1 aromatic carbocycles. The van der Waals surface area contributed by atoms with Gasteiger partial charge in [0.1, 0.15) is 17.6 Å². The molecule has 1 rings (SSSR count). The zero-order chi connectivity index (χ0) is 11.3. The van der Waals surface area contributed by atoms with Crippen molar-refractivity contribution >= 4 is 0 Å². The number of ether oxygens (including phenoxy) is 1. The summed E-state index contributed by atoms with van der Waals surface area (Å²) in [5, 5.41) is 3.01. The topological polar surface area (TPSA) is 21.3 Å². The van der Waals surface area contributed by atoms with Gasteiger partial charge >= 0.3 is 0 Å². The summed E-state index contributed by atoms with van der Waals surface area (Å²) >= 11 is 0. The van der Waals surface area contributed by atoms with Crippen molar-refractivity contribution in [1.29, 1.82) is 0 Å². The normalized spacial score (nSPS) is 11.9. The quantitative estimate of drug-likeness (QED) is 0.763. The molecule has 0 aliphatic heterocycles. The van der Waals surface area contributed by atoms with Gasteiger partial charge in [0.25, 0.3) is 0 Å². The molecule has 3 heteroatoms. The second-order valence-electron chi connectivity index (χ2n) is 3.01. The first-order chi connectivity index (χ1) is 7.24. The molecule has 15 heavy (non-hydrogen) atoms. The number of benzene rings is 1. The number of nitrogens with one attached hydrogen (secondary N) is 1. The van der Waals surface area contributed by atoms with Gasteiger partial charge in [0.05, 0.1) is 12.7 Å². The summed E-state index contributed by atoms with van der Waals surface area (Å²) in [5.74, 6) is 2.63. The van der Waals surface area contributed by atoms with Crippen LogP contribution in [0.15, 0.2) is 18.2 Å². The first-order valence-electron chi connectivity index (χ1n) is 4.76. The summed E-state index contributed by atoms with van der Waals surface area (Å²) in [6.07, 6.45) is 5.35. The molecule has 0 aliphatic carbocycles. The van der Waals surface area contributed by atoms with Crippen LogP contribution in [0.4, 0.5) is 4.39 Å². The molecular weight excluding hydrogens is 193 g/mol. The van der Waals surface area contributed by atoms with Crippen molar-refractivity contribution in [3.05, 3.63) is 29.6 Å². The summed E-state index contributed by atoms with van der Waals surface area (Å²) in [7, 11) is 1.50. The maximum absolute atomic E-state index is 13.6. The second-order valence-corrected chi connectivity index (χ2v) is 3.01. The van der Waals surface area contributed by atoms with Gasteiger partial charge in [-0.2, -0.15) is 0 Å². The highest BCUT2D eigenvalue weighted by atomic mass is 19.1. The molecule has 1 N–H and O–H groups in total. The van der Waals surface area contributed by atoms with Gasteiger partial charge in [-0.1, -0.05) is 18.9 Å². The lowest BCUT2D eigenvalue weighted by atomic mass is 10.1. The molecule has 0 aliphatic rings. The second kappa shape index (κ2) is 5.38. The van der Waals surface area contributed by atoms with Crippen molar-refractivity contribution in [1.82, 2.24) is 5.32 Å². The third-order valence-corrected chi connectivity index (χ3v) is 2.10. The van der Waals surface area contributed by atoms with Crippen LogP contribution in [0.3, 0.4) is 0 Å². The van der Waals surface area contributed by atoms with E-state index < -0.39 is 6.04 Å². The summed E-state index contributed by atoms with van der Waals surface area (Å²) in [6.45, 7) is 2.59. The van der Waals surface area contributed by atoms with Gasteiger partial charge in [-0.15, -0.1) is 6.42 Å². The van der Waals surface area contributed by atoms with Crippen molar-refractivity contribution in [2.45, 2.75) is 13.0 Å². The average Bonchev–Trinajstić information content (AvgIpc) is 2.26. The fourth-order valence-corrected chi connectivity index (χ4v) is 1.42. The van der Waals surface area contributed by atoms with Gasteiger partial charge in [-0.3, -0.25) is 0 Å². The Labute approximate surface area is 89.4 Å². The minimum atomic E-state index is -0.453. The van der Waals surface area contributed by atoms with Crippen LogP contribution in [0.5, 0.6) is 5.75 Å². The standard InChI is InChI=1S/C12H14FNO/c1-4-10(14-5-2)12-9(13)7-6-8-11(12)15-3/h1,6-8,10,14H,5H2,2-3H3. The van der Waals surface area contributed by atoms with Crippen LogP contribution in [0.25, 0.3) is 0 Å². The van der Waals surface area contributed by atoms with Gasteiger partial charge in [0, 0.05) is 0 Å². The molecule has 0 radical (unpaired) electrons. The largest absolute Gasteiger partial charge is 0.496 e. The molecule has 0 spiro atoms. The van der Waals surface area contributed by atoms with Crippen LogP contribution in [0.2, 0.25) is 0 Å². The summed E-state index contributed by atoms with van der Waals surface area (Å²) in [6, 6.07) is 4.21. The van der Waals surface area contributed by atoms with Crippen LogP contribution in [0, 0.1) is 18.2 Å². The highest BCUT2D eigenvalue weighted by Crippen LogP contribution is 2.27. The Morgan fingerprint density at radius 1 is 1.60 bits per heavy atom. The Bertz CT molecular complexity index is 370. The Hall–Kier alpha value is -1.53. The number of rotatable bonds is 4. The van der Waals surface area contributed by atoms with Crippen LogP contribution in [-0.4, -0.2) is 13.7 Å². The van der Waals surface area contributed by atoms with Crippen molar-refractivity contribution < 1.29 is 9.13 Å². The van der Waals surface area contributed by atoms with Crippen LogP contribution in [-0.2, 0) is 0 Å². The lowest BCUT2D eigenvalue weighted by Gasteiger charge is -2.16. The molecule has 80 valence electrons. The van der Waals surface area contributed by atoms with Crippen LogP contribution in [0.1, 0.15) is 18.5 Å². The van der Waals surface area contributed by atoms with Crippen LogP contribution < -0.4 is 10.1 Å². The zero-order valence-electron chi connectivity index (χ0n) is 8.88. The van der Waals surface area contributed by atoms with E-state index in [9.17, 15) is 4.39 Å². The van der Waals surface area contributed by atoms with E-state index in [2.05, 4.69) is 11.2 Å². The molecule has 1 aromatic rings. The Balaban J connectivity index is 3.15. The number of hydrogen-bond acceptors (Lipinski definition) is 2. The smallest absolute Gasteiger partial charge is 0.132 e. The summed E-state index contributed by atoms with van der Waals surface area (Å²) in [4.78, 5) is 0. The maximum atomic E-state index is 13.6. The van der Waals surface area contributed by atoms with E-state index in [1.54, 1.807) is 12.1 Å². The van der Waals surface area contributed by atoms with Crippen molar-refractivity contribution in [3.8, 4) is 18.1 Å². The minimum Gasteiger partial charge on any atom is -0.496 e. The molecule has 1 unspecified atom stereocenters.